The van der Waals surface area contributed by atoms with Crippen LogP contribution in [0.5, 0.6) is 17.2 Å². The van der Waals surface area contributed by atoms with E-state index in [2.05, 4.69) is 4.72 Å². The maximum atomic E-state index is 12.8. The van der Waals surface area contributed by atoms with Crippen LogP contribution in [0.25, 0.3) is 0 Å². The number of halogens is 1. The van der Waals surface area contributed by atoms with Crippen LogP contribution >= 0.6 is 0 Å². The number of fused-ring (bicyclic) bond motifs is 1. The highest BCUT2D eigenvalue weighted by atomic mass is 32.2. The van der Waals surface area contributed by atoms with E-state index in [1.165, 1.54) is 36.4 Å². The normalized spacial score (nSPS) is 13.0. The molecule has 128 valence electrons. The molecule has 1 aliphatic rings. The molecule has 1 aliphatic heterocycles. The Morgan fingerprint density at radius 2 is 1.83 bits per heavy atom. The van der Waals surface area contributed by atoms with Gasteiger partial charge in [-0.25, -0.2) is 17.5 Å². The number of sulfonamides is 1. The van der Waals surface area contributed by atoms with E-state index in [9.17, 15) is 12.8 Å². The standard InChI is InChI=1S/C16H16FNO5S/c17-12-2-4-13(5-3-12)21-9-1-8-18-24(19,20)14-6-7-15-16(10-14)23-11-22-15/h2-7,10,18H,1,8-9,11H2. The van der Waals surface area contributed by atoms with Crippen molar-refractivity contribution < 1.29 is 27.0 Å². The maximum Gasteiger partial charge on any atom is 0.240 e. The predicted molar refractivity (Wildman–Crippen MR) is 84.3 cm³/mol. The monoisotopic (exact) mass is 353 g/mol. The van der Waals surface area contributed by atoms with Crippen LogP contribution in [0.15, 0.2) is 47.4 Å². The lowest BCUT2D eigenvalue weighted by Gasteiger charge is -2.09. The minimum absolute atomic E-state index is 0.0903. The first-order valence-corrected chi connectivity index (χ1v) is 8.81. The molecule has 0 saturated heterocycles. The Bertz CT molecular complexity index is 808. The van der Waals surface area contributed by atoms with Crippen LogP contribution in [0.3, 0.4) is 0 Å². The summed E-state index contributed by atoms with van der Waals surface area (Å²) in [6.45, 7) is 0.625. The SMILES string of the molecule is O=S(=O)(NCCCOc1ccc(F)cc1)c1ccc2c(c1)OCO2. The molecule has 0 spiro atoms. The molecule has 2 aromatic rings. The van der Waals surface area contributed by atoms with Crippen molar-refractivity contribution in [2.45, 2.75) is 11.3 Å². The molecule has 2 aromatic carbocycles. The highest BCUT2D eigenvalue weighted by Gasteiger charge is 2.19. The quantitative estimate of drug-likeness (QED) is 0.773. The number of nitrogens with one attached hydrogen (secondary N) is 1. The molecule has 1 N–H and O–H groups in total. The average molecular weight is 353 g/mol. The van der Waals surface area contributed by atoms with E-state index in [1.54, 1.807) is 6.07 Å². The Labute approximate surface area is 139 Å². The second kappa shape index (κ2) is 7.06. The molecule has 0 aliphatic carbocycles. The first-order valence-electron chi connectivity index (χ1n) is 7.32. The Balaban J connectivity index is 1.48. The molecule has 0 aromatic heterocycles. The van der Waals surface area contributed by atoms with Gasteiger partial charge in [-0.05, 0) is 42.8 Å². The molecule has 0 amide bonds. The van der Waals surface area contributed by atoms with Crippen LogP contribution in [-0.4, -0.2) is 28.4 Å². The zero-order valence-electron chi connectivity index (χ0n) is 12.7. The fourth-order valence-corrected chi connectivity index (χ4v) is 3.22. The number of hydrogen-bond donors (Lipinski definition) is 1. The zero-order valence-corrected chi connectivity index (χ0v) is 13.5. The number of hydrogen-bond acceptors (Lipinski definition) is 5. The maximum absolute atomic E-state index is 12.8. The molecule has 0 bridgehead atoms. The summed E-state index contributed by atoms with van der Waals surface area (Å²) in [5.74, 6) is 1.15. The van der Waals surface area contributed by atoms with Crippen LogP contribution < -0.4 is 18.9 Å². The van der Waals surface area contributed by atoms with Gasteiger partial charge in [0.1, 0.15) is 11.6 Å². The molecule has 0 atom stereocenters. The molecule has 1 heterocycles. The lowest BCUT2D eigenvalue weighted by Crippen LogP contribution is -2.25. The van der Waals surface area contributed by atoms with Crippen LogP contribution in [0.1, 0.15) is 6.42 Å². The Morgan fingerprint density at radius 3 is 2.62 bits per heavy atom. The number of benzene rings is 2. The van der Waals surface area contributed by atoms with E-state index in [0.29, 0.717) is 30.3 Å². The van der Waals surface area contributed by atoms with Crippen LogP contribution in [0.4, 0.5) is 4.39 Å². The second-order valence-electron chi connectivity index (χ2n) is 5.07. The summed E-state index contributed by atoms with van der Waals surface area (Å²) in [4.78, 5) is 0.117. The third kappa shape index (κ3) is 3.95. The van der Waals surface area contributed by atoms with E-state index < -0.39 is 10.0 Å². The largest absolute Gasteiger partial charge is 0.494 e. The van der Waals surface area contributed by atoms with Crippen molar-refractivity contribution >= 4 is 10.0 Å². The van der Waals surface area contributed by atoms with Gasteiger partial charge >= 0.3 is 0 Å². The van der Waals surface area contributed by atoms with Gasteiger partial charge in [0, 0.05) is 12.6 Å². The summed E-state index contributed by atoms with van der Waals surface area (Å²) in [6, 6.07) is 10.1. The Kier molecular flexibility index (Phi) is 4.86. The van der Waals surface area contributed by atoms with E-state index in [1.807, 2.05) is 0 Å². The van der Waals surface area contributed by atoms with Crippen molar-refractivity contribution in [3.05, 3.63) is 48.3 Å². The van der Waals surface area contributed by atoms with E-state index in [4.69, 9.17) is 14.2 Å². The molecular formula is C16H16FNO5S. The molecule has 3 rings (SSSR count). The zero-order chi connectivity index (χ0) is 17.0. The molecule has 24 heavy (non-hydrogen) atoms. The topological polar surface area (TPSA) is 73.9 Å². The van der Waals surface area contributed by atoms with Gasteiger partial charge < -0.3 is 14.2 Å². The van der Waals surface area contributed by atoms with Gasteiger partial charge in [0.25, 0.3) is 0 Å². The predicted octanol–water partition coefficient (Wildman–Crippen LogP) is 2.30. The van der Waals surface area contributed by atoms with E-state index in [-0.39, 0.29) is 24.1 Å². The van der Waals surface area contributed by atoms with Crippen molar-refractivity contribution in [1.29, 1.82) is 0 Å². The minimum atomic E-state index is -3.62. The molecule has 0 fully saturated rings. The third-order valence-corrected chi connectivity index (χ3v) is 4.81. The van der Waals surface area contributed by atoms with Crippen molar-refractivity contribution in [2.24, 2.45) is 0 Å². The van der Waals surface area contributed by atoms with Crippen molar-refractivity contribution in [2.75, 3.05) is 19.9 Å². The summed E-state index contributed by atoms with van der Waals surface area (Å²) in [7, 11) is -3.62. The summed E-state index contributed by atoms with van der Waals surface area (Å²) in [5.41, 5.74) is 0. The minimum Gasteiger partial charge on any atom is -0.494 e. The fourth-order valence-electron chi connectivity index (χ4n) is 2.13. The fraction of sp³-hybridized carbons (Fsp3) is 0.250. The first kappa shape index (κ1) is 16.5. The lowest BCUT2D eigenvalue weighted by molar-refractivity contribution is 0.174. The molecule has 0 radical (unpaired) electrons. The summed E-state index contributed by atoms with van der Waals surface area (Å²) in [6.07, 6.45) is 0.473. The Hall–Kier alpha value is -2.32. The number of rotatable bonds is 7. The average Bonchev–Trinajstić information content (AvgIpc) is 3.04. The van der Waals surface area contributed by atoms with Gasteiger partial charge in [0.2, 0.25) is 16.8 Å². The Morgan fingerprint density at radius 1 is 1.08 bits per heavy atom. The van der Waals surface area contributed by atoms with Crippen LogP contribution in [0.2, 0.25) is 0 Å². The molecule has 0 saturated carbocycles. The molecule has 0 unspecified atom stereocenters. The van der Waals surface area contributed by atoms with E-state index >= 15 is 0 Å². The van der Waals surface area contributed by atoms with Gasteiger partial charge in [-0.15, -0.1) is 0 Å². The lowest BCUT2D eigenvalue weighted by atomic mass is 10.3. The highest BCUT2D eigenvalue weighted by molar-refractivity contribution is 7.89. The second-order valence-corrected chi connectivity index (χ2v) is 6.84. The van der Waals surface area contributed by atoms with Gasteiger partial charge in [-0.1, -0.05) is 0 Å². The molecular weight excluding hydrogens is 337 g/mol. The first-order chi connectivity index (χ1) is 11.5. The highest BCUT2D eigenvalue weighted by Crippen LogP contribution is 2.33. The number of ether oxygens (including phenoxy) is 3. The third-order valence-electron chi connectivity index (χ3n) is 3.35. The van der Waals surface area contributed by atoms with Crippen LogP contribution in [-0.2, 0) is 10.0 Å². The van der Waals surface area contributed by atoms with Crippen molar-refractivity contribution in [1.82, 2.24) is 4.72 Å². The van der Waals surface area contributed by atoms with Crippen molar-refractivity contribution in [3.8, 4) is 17.2 Å². The molecule has 8 heteroatoms. The van der Waals surface area contributed by atoms with E-state index in [0.717, 1.165) is 0 Å². The summed E-state index contributed by atoms with van der Waals surface area (Å²) in [5, 5.41) is 0. The van der Waals surface area contributed by atoms with Gasteiger partial charge in [-0.3, -0.25) is 0 Å². The molecule has 6 nitrogen and oxygen atoms in total. The van der Waals surface area contributed by atoms with Gasteiger partial charge in [0.15, 0.2) is 11.5 Å². The van der Waals surface area contributed by atoms with Crippen molar-refractivity contribution in [3.63, 3.8) is 0 Å². The van der Waals surface area contributed by atoms with Crippen LogP contribution in [0, 0.1) is 5.82 Å². The van der Waals surface area contributed by atoms with Gasteiger partial charge in [-0.2, -0.15) is 0 Å². The smallest absolute Gasteiger partial charge is 0.240 e. The van der Waals surface area contributed by atoms with Gasteiger partial charge in [0.05, 0.1) is 11.5 Å². The summed E-state index contributed by atoms with van der Waals surface area (Å²) >= 11 is 0. The summed E-state index contributed by atoms with van der Waals surface area (Å²) < 4.78 is 55.4.